The maximum atomic E-state index is 13.2. The molecule has 4 rings (SSSR count). The molecule has 1 amide bonds. The average Bonchev–Trinajstić information content (AvgIpc) is 3.26. The Morgan fingerprint density at radius 2 is 1.81 bits per heavy atom. The Bertz CT molecular complexity index is 1030. The fourth-order valence-electron chi connectivity index (χ4n) is 4.36. The summed E-state index contributed by atoms with van der Waals surface area (Å²) in [5, 5.41) is 0. The number of hydrogen-bond acceptors (Lipinski definition) is 6. The predicted molar refractivity (Wildman–Crippen MR) is 122 cm³/mol. The first kappa shape index (κ1) is 22.1. The normalized spacial score (nSPS) is 20.6. The van der Waals surface area contributed by atoms with Gasteiger partial charge in [0.25, 0.3) is 10.0 Å². The van der Waals surface area contributed by atoms with Gasteiger partial charge in [0.05, 0.1) is 18.7 Å². The molecule has 0 radical (unpaired) electrons. The molecule has 1 unspecified atom stereocenters. The van der Waals surface area contributed by atoms with Gasteiger partial charge in [-0.15, -0.1) is 11.3 Å². The minimum atomic E-state index is -3.53. The van der Waals surface area contributed by atoms with Crippen molar-refractivity contribution in [3.05, 3.63) is 41.3 Å². The molecule has 7 nitrogen and oxygen atoms in total. The van der Waals surface area contributed by atoms with Crippen molar-refractivity contribution in [2.24, 2.45) is 5.92 Å². The number of carbonyl (C=O) groups is 1. The van der Waals surface area contributed by atoms with Gasteiger partial charge in [0.1, 0.15) is 9.96 Å². The number of sulfonamides is 1. The molecule has 2 saturated heterocycles. The third kappa shape index (κ3) is 4.58. The summed E-state index contributed by atoms with van der Waals surface area (Å²) < 4.78 is 33.3. The van der Waals surface area contributed by atoms with E-state index in [9.17, 15) is 13.2 Å². The van der Waals surface area contributed by atoms with E-state index in [0.29, 0.717) is 30.3 Å². The second-order valence-electron chi connectivity index (χ2n) is 8.05. The highest BCUT2D eigenvalue weighted by Gasteiger charge is 2.36. The van der Waals surface area contributed by atoms with Crippen molar-refractivity contribution in [3.63, 3.8) is 0 Å². The molecule has 2 aromatic rings. The summed E-state index contributed by atoms with van der Waals surface area (Å²) in [5.41, 5.74) is 1.04. The fourth-order valence-corrected chi connectivity index (χ4v) is 7.32. The van der Waals surface area contributed by atoms with Crippen molar-refractivity contribution in [3.8, 4) is 5.75 Å². The van der Waals surface area contributed by atoms with Crippen LogP contribution in [0.5, 0.6) is 5.75 Å². The van der Waals surface area contributed by atoms with Gasteiger partial charge < -0.3 is 14.5 Å². The molecule has 2 aliphatic heterocycles. The number of nitrogens with zero attached hydrogens (tertiary/aromatic N) is 3. The number of rotatable bonds is 5. The van der Waals surface area contributed by atoms with Gasteiger partial charge in [-0.3, -0.25) is 4.79 Å². The second kappa shape index (κ2) is 9.18. The Kier molecular flexibility index (Phi) is 6.55. The van der Waals surface area contributed by atoms with E-state index < -0.39 is 10.0 Å². The molecule has 0 saturated carbocycles. The van der Waals surface area contributed by atoms with E-state index in [-0.39, 0.29) is 18.4 Å². The number of benzene rings is 1. The van der Waals surface area contributed by atoms with E-state index in [0.717, 1.165) is 35.8 Å². The van der Waals surface area contributed by atoms with Crippen molar-refractivity contribution in [1.82, 2.24) is 9.21 Å². The minimum Gasteiger partial charge on any atom is -0.495 e. The molecule has 2 fully saturated rings. The van der Waals surface area contributed by atoms with Gasteiger partial charge in [-0.25, -0.2) is 8.42 Å². The van der Waals surface area contributed by atoms with Crippen LogP contribution in [0.4, 0.5) is 5.69 Å². The second-order valence-corrected chi connectivity index (χ2v) is 11.5. The zero-order chi connectivity index (χ0) is 22.0. The summed E-state index contributed by atoms with van der Waals surface area (Å²) in [6, 6.07) is 11.4. The molecule has 168 valence electrons. The SMILES string of the molecule is COc1ccccc1N1CCN(C(=O)C2CCCN(S(=O)(=O)c3ccc(C)s3)C2)CC1. The topological polar surface area (TPSA) is 70.2 Å². The highest BCUT2D eigenvalue weighted by molar-refractivity contribution is 7.91. The van der Waals surface area contributed by atoms with E-state index in [4.69, 9.17) is 4.74 Å². The summed E-state index contributed by atoms with van der Waals surface area (Å²) in [7, 11) is -1.87. The maximum absolute atomic E-state index is 13.2. The maximum Gasteiger partial charge on any atom is 0.252 e. The summed E-state index contributed by atoms with van der Waals surface area (Å²) in [4.78, 5) is 18.3. The Hall–Kier alpha value is -2.10. The van der Waals surface area contributed by atoms with Crippen LogP contribution in [0.25, 0.3) is 0 Å². The molecule has 1 atom stereocenters. The quantitative estimate of drug-likeness (QED) is 0.682. The first-order chi connectivity index (χ1) is 14.9. The lowest BCUT2D eigenvalue weighted by Gasteiger charge is -2.39. The summed E-state index contributed by atoms with van der Waals surface area (Å²) in [5.74, 6) is 0.628. The fraction of sp³-hybridized carbons (Fsp3) is 0.500. The van der Waals surface area contributed by atoms with E-state index in [1.807, 2.05) is 42.2 Å². The number of piperidine rings is 1. The van der Waals surface area contributed by atoms with Gasteiger partial charge in [0, 0.05) is 44.1 Å². The smallest absolute Gasteiger partial charge is 0.252 e. The highest BCUT2D eigenvalue weighted by Crippen LogP contribution is 2.31. The Balaban J connectivity index is 1.39. The summed E-state index contributed by atoms with van der Waals surface area (Å²) in [6.45, 7) is 5.37. The van der Waals surface area contributed by atoms with Crippen LogP contribution in [0.1, 0.15) is 17.7 Å². The largest absolute Gasteiger partial charge is 0.495 e. The molecular formula is C22H29N3O4S2. The van der Waals surface area contributed by atoms with Crippen LogP contribution in [0, 0.1) is 12.8 Å². The first-order valence-electron chi connectivity index (χ1n) is 10.6. The third-order valence-electron chi connectivity index (χ3n) is 6.06. The van der Waals surface area contributed by atoms with Gasteiger partial charge in [-0.05, 0) is 44.0 Å². The zero-order valence-electron chi connectivity index (χ0n) is 18.0. The van der Waals surface area contributed by atoms with Gasteiger partial charge in [0.2, 0.25) is 5.91 Å². The number of aryl methyl sites for hydroxylation is 1. The van der Waals surface area contributed by atoms with Crippen LogP contribution in [0.15, 0.2) is 40.6 Å². The standard InChI is InChI=1S/C22H29N3O4S2/c1-17-9-10-21(30-17)31(27,28)25-11-5-6-18(16-25)22(26)24-14-12-23(13-15-24)19-7-3-4-8-20(19)29-2/h3-4,7-10,18H,5-6,11-16H2,1-2H3. The van der Waals surface area contributed by atoms with Crippen LogP contribution < -0.4 is 9.64 Å². The van der Waals surface area contributed by atoms with Gasteiger partial charge in [0.15, 0.2) is 0 Å². The number of ether oxygens (including phenoxy) is 1. The molecule has 0 aliphatic carbocycles. The van der Waals surface area contributed by atoms with Crippen LogP contribution in [-0.2, 0) is 14.8 Å². The molecule has 0 spiro atoms. The number of hydrogen-bond donors (Lipinski definition) is 0. The number of methoxy groups -OCH3 is 1. The molecule has 9 heteroatoms. The highest BCUT2D eigenvalue weighted by atomic mass is 32.2. The van der Waals surface area contributed by atoms with Crippen molar-refractivity contribution < 1.29 is 17.9 Å². The van der Waals surface area contributed by atoms with E-state index in [2.05, 4.69) is 4.90 Å². The lowest BCUT2D eigenvalue weighted by molar-refractivity contribution is -0.137. The van der Waals surface area contributed by atoms with Crippen molar-refractivity contribution in [1.29, 1.82) is 0 Å². The Labute approximate surface area is 188 Å². The number of amides is 1. The van der Waals surface area contributed by atoms with Crippen LogP contribution in [-0.4, -0.2) is 69.9 Å². The molecule has 3 heterocycles. The zero-order valence-corrected chi connectivity index (χ0v) is 19.6. The van der Waals surface area contributed by atoms with E-state index >= 15 is 0 Å². The number of anilines is 1. The molecule has 2 aliphatic rings. The number of carbonyl (C=O) groups excluding carboxylic acids is 1. The molecule has 1 aromatic heterocycles. The number of thiophene rings is 1. The van der Waals surface area contributed by atoms with Gasteiger partial charge in [-0.1, -0.05) is 12.1 Å². The molecule has 0 N–H and O–H groups in total. The monoisotopic (exact) mass is 463 g/mol. The molecule has 1 aromatic carbocycles. The minimum absolute atomic E-state index is 0.0712. The Morgan fingerprint density at radius 3 is 2.48 bits per heavy atom. The van der Waals surface area contributed by atoms with Crippen molar-refractivity contribution in [2.75, 3.05) is 51.3 Å². The van der Waals surface area contributed by atoms with Crippen LogP contribution >= 0.6 is 11.3 Å². The van der Waals surface area contributed by atoms with E-state index in [1.165, 1.54) is 15.6 Å². The number of para-hydroxylation sites is 2. The third-order valence-corrected chi connectivity index (χ3v) is 9.39. The first-order valence-corrected chi connectivity index (χ1v) is 12.9. The van der Waals surface area contributed by atoms with Crippen LogP contribution in [0.3, 0.4) is 0 Å². The van der Waals surface area contributed by atoms with Gasteiger partial charge in [-0.2, -0.15) is 4.31 Å². The molecule has 0 bridgehead atoms. The van der Waals surface area contributed by atoms with Crippen LogP contribution in [0.2, 0.25) is 0 Å². The molecule has 31 heavy (non-hydrogen) atoms. The molecular weight excluding hydrogens is 434 g/mol. The average molecular weight is 464 g/mol. The lowest BCUT2D eigenvalue weighted by atomic mass is 9.97. The predicted octanol–water partition coefficient (Wildman–Crippen LogP) is 2.81. The summed E-state index contributed by atoms with van der Waals surface area (Å²) in [6.07, 6.45) is 1.45. The van der Waals surface area contributed by atoms with Crippen molar-refractivity contribution in [2.45, 2.75) is 24.0 Å². The van der Waals surface area contributed by atoms with E-state index in [1.54, 1.807) is 13.2 Å². The lowest BCUT2D eigenvalue weighted by Crippen LogP contribution is -2.53. The van der Waals surface area contributed by atoms with Crippen molar-refractivity contribution >= 4 is 33.0 Å². The Morgan fingerprint density at radius 1 is 1.06 bits per heavy atom. The summed E-state index contributed by atoms with van der Waals surface area (Å²) >= 11 is 1.29. The van der Waals surface area contributed by atoms with Gasteiger partial charge >= 0.3 is 0 Å². The number of piperazine rings is 1.